The lowest BCUT2D eigenvalue weighted by atomic mass is 10.1. The second-order valence-corrected chi connectivity index (χ2v) is 15.0. The van der Waals surface area contributed by atoms with E-state index in [0.29, 0.717) is 19.3 Å². The number of esters is 3. The highest BCUT2D eigenvalue weighted by Crippen LogP contribution is 2.13. The van der Waals surface area contributed by atoms with Gasteiger partial charge >= 0.3 is 17.9 Å². The minimum absolute atomic E-state index is 0.0993. The quantitative estimate of drug-likeness (QED) is 0.0202. The molecule has 0 aliphatic heterocycles. The Labute approximate surface area is 350 Å². The summed E-state index contributed by atoms with van der Waals surface area (Å²) in [5.41, 5.74) is 0. The minimum Gasteiger partial charge on any atom is -0.462 e. The Balaban J connectivity index is 4.43. The second-order valence-electron chi connectivity index (χ2n) is 15.0. The lowest BCUT2D eigenvalue weighted by Crippen LogP contribution is -2.30. The van der Waals surface area contributed by atoms with E-state index in [-0.39, 0.29) is 31.1 Å². The fourth-order valence-electron chi connectivity index (χ4n) is 6.00. The molecular weight excluding hydrogens is 709 g/mol. The molecule has 0 aliphatic rings. The summed E-state index contributed by atoms with van der Waals surface area (Å²) in [4.78, 5) is 37.7. The molecule has 0 N–H and O–H groups in total. The maximum absolute atomic E-state index is 12.7. The van der Waals surface area contributed by atoms with Crippen molar-refractivity contribution >= 4 is 17.9 Å². The number of hydrogen-bond acceptors (Lipinski definition) is 6. The van der Waals surface area contributed by atoms with Crippen molar-refractivity contribution in [1.82, 2.24) is 0 Å². The number of ether oxygens (including phenoxy) is 3. The van der Waals surface area contributed by atoms with E-state index in [2.05, 4.69) is 106 Å². The molecule has 0 aromatic heterocycles. The predicted molar refractivity (Wildman–Crippen MR) is 242 cm³/mol. The molecule has 0 heterocycles. The molecule has 0 fully saturated rings. The van der Waals surface area contributed by atoms with Crippen LogP contribution in [0.5, 0.6) is 0 Å². The zero-order valence-electron chi connectivity index (χ0n) is 36.8. The average Bonchev–Trinajstić information content (AvgIpc) is 3.21. The zero-order chi connectivity index (χ0) is 41.5. The van der Waals surface area contributed by atoms with Gasteiger partial charge in [0, 0.05) is 19.3 Å². The molecule has 6 heteroatoms. The molecule has 0 amide bonds. The van der Waals surface area contributed by atoms with Crippen LogP contribution in [-0.4, -0.2) is 37.2 Å². The first kappa shape index (κ1) is 53.6. The molecule has 1 unspecified atom stereocenters. The summed E-state index contributed by atoms with van der Waals surface area (Å²) in [7, 11) is 0. The summed E-state index contributed by atoms with van der Waals surface area (Å²) in [5, 5.41) is 0. The predicted octanol–water partition coefficient (Wildman–Crippen LogP) is 14.9. The van der Waals surface area contributed by atoms with Gasteiger partial charge < -0.3 is 14.2 Å². The van der Waals surface area contributed by atoms with Crippen molar-refractivity contribution in [2.75, 3.05) is 13.2 Å². The molecule has 0 spiro atoms. The van der Waals surface area contributed by atoms with Crippen molar-refractivity contribution in [3.8, 4) is 0 Å². The molecule has 0 bridgehead atoms. The third kappa shape index (κ3) is 43.6. The number of rotatable bonds is 40. The summed E-state index contributed by atoms with van der Waals surface area (Å²) < 4.78 is 16.7. The van der Waals surface area contributed by atoms with Crippen molar-refractivity contribution in [1.29, 1.82) is 0 Å². The lowest BCUT2D eigenvalue weighted by Gasteiger charge is -2.18. The van der Waals surface area contributed by atoms with Gasteiger partial charge in [0.05, 0.1) is 0 Å². The van der Waals surface area contributed by atoms with Crippen molar-refractivity contribution in [3.05, 3.63) is 85.1 Å². The summed E-state index contributed by atoms with van der Waals surface area (Å²) in [6, 6.07) is 0. The molecule has 0 saturated carbocycles. The Bertz CT molecular complexity index is 1140. The molecule has 0 rings (SSSR count). The number of hydrogen-bond donors (Lipinski definition) is 0. The summed E-state index contributed by atoms with van der Waals surface area (Å²) in [6.45, 7) is 6.28. The van der Waals surface area contributed by atoms with E-state index in [1.165, 1.54) is 64.2 Å². The van der Waals surface area contributed by atoms with Crippen LogP contribution in [0.2, 0.25) is 0 Å². The Kier molecular flexibility index (Phi) is 42.6. The monoisotopic (exact) mass is 793 g/mol. The van der Waals surface area contributed by atoms with E-state index in [1.54, 1.807) is 0 Å². The Morgan fingerprint density at radius 1 is 0.386 bits per heavy atom. The fourth-order valence-corrected chi connectivity index (χ4v) is 6.00. The summed E-state index contributed by atoms with van der Waals surface area (Å²) in [5.74, 6) is -0.968. The van der Waals surface area contributed by atoms with Gasteiger partial charge in [0.15, 0.2) is 6.10 Å². The zero-order valence-corrected chi connectivity index (χ0v) is 36.8. The smallest absolute Gasteiger partial charge is 0.306 e. The minimum atomic E-state index is -0.799. The van der Waals surface area contributed by atoms with Gasteiger partial charge in [-0.05, 0) is 89.9 Å². The van der Waals surface area contributed by atoms with Crippen LogP contribution in [-0.2, 0) is 28.6 Å². The highest BCUT2D eigenvalue weighted by molar-refractivity contribution is 5.71. The summed E-state index contributed by atoms with van der Waals surface area (Å²) >= 11 is 0. The van der Waals surface area contributed by atoms with Gasteiger partial charge in [-0.1, -0.05) is 176 Å². The molecule has 0 aromatic rings. The molecule has 1 atom stereocenters. The van der Waals surface area contributed by atoms with Gasteiger partial charge in [-0.15, -0.1) is 0 Å². The molecular formula is C51H84O6. The van der Waals surface area contributed by atoms with E-state index < -0.39 is 6.10 Å². The second kappa shape index (κ2) is 45.3. The maximum Gasteiger partial charge on any atom is 0.306 e. The van der Waals surface area contributed by atoms with Gasteiger partial charge in [-0.3, -0.25) is 14.4 Å². The highest BCUT2D eigenvalue weighted by atomic mass is 16.6. The first-order valence-electron chi connectivity index (χ1n) is 23.1. The molecule has 324 valence electrons. The largest absolute Gasteiger partial charge is 0.462 e. The number of carbonyl (C=O) groups is 3. The highest BCUT2D eigenvalue weighted by Gasteiger charge is 2.19. The topological polar surface area (TPSA) is 78.9 Å². The van der Waals surface area contributed by atoms with Gasteiger partial charge in [-0.25, -0.2) is 0 Å². The van der Waals surface area contributed by atoms with Crippen LogP contribution in [0.25, 0.3) is 0 Å². The van der Waals surface area contributed by atoms with Crippen LogP contribution in [0.15, 0.2) is 85.1 Å². The van der Waals surface area contributed by atoms with Crippen molar-refractivity contribution in [2.45, 2.75) is 207 Å². The Hall–Kier alpha value is -3.41. The third-order valence-electron chi connectivity index (χ3n) is 9.45. The SMILES string of the molecule is CC\C=C/C=C\C=C/CCCCCCCCCC(=O)OCC(COC(=O)CCCC/C=C\C/C=C\CC)OC(=O)CCCCCCCC/C=C\C=C/CCCCC. The summed E-state index contributed by atoms with van der Waals surface area (Å²) in [6.07, 6.45) is 57.1. The van der Waals surface area contributed by atoms with E-state index >= 15 is 0 Å². The standard InChI is InChI=1S/C51H84O6/c1-4-7-10-13-16-19-21-23-25-27-29-32-35-38-41-44-50(53)56-47-48(46-55-49(52)43-40-37-34-31-18-15-12-9-6-3)57-51(54)45-42-39-36-33-30-28-26-24-22-20-17-14-11-8-5-2/h7,9-10,12-13,16-22,24,31,48H,4-6,8,11,14-15,23,25-30,32-47H2,1-3H3/b10-7-,12-9-,16-13-,20-17-,21-19-,24-22-,31-18-. The van der Waals surface area contributed by atoms with Crippen LogP contribution < -0.4 is 0 Å². The van der Waals surface area contributed by atoms with Crippen LogP contribution >= 0.6 is 0 Å². The molecule has 57 heavy (non-hydrogen) atoms. The van der Waals surface area contributed by atoms with Gasteiger partial charge in [0.1, 0.15) is 13.2 Å². The fraction of sp³-hybridized carbons (Fsp3) is 0.667. The van der Waals surface area contributed by atoms with Crippen molar-refractivity contribution in [3.63, 3.8) is 0 Å². The van der Waals surface area contributed by atoms with Gasteiger partial charge in [0.2, 0.25) is 0 Å². The first-order valence-corrected chi connectivity index (χ1v) is 23.1. The number of carbonyl (C=O) groups excluding carboxylic acids is 3. The normalized spacial score (nSPS) is 12.8. The molecule has 0 aliphatic carbocycles. The van der Waals surface area contributed by atoms with Crippen molar-refractivity contribution < 1.29 is 28.6 Å². The van der Waals surface area contributed by atoms with E-state index in [4.69, 9.17) is 14.2 Å². The first-order chi connectivity index (χ1) is 28.0. The molecule has 0 aromatic carbocycles. The van der Waals surface area contributed by atoms with Crippen molar-refractivity contribution in [2.24, 2.45) is 0 Å². The average molecular weight is 793 g/mol. The molecule has 6 nitrogen and oxygen atoms in total. The van der Waals surface area contributed by atoms with Gasteiger partial charge in [-0.2, -0.15) is 0 Å². The Morgan fingerprint density at radius 2 is 0.772 bits per heavy atom. The van der Waals surface area contributed by atoms with Crippen LogP contribution in [0.3, 0.4) is 0 Å². The van der Waals surface area contributed by atoms with Crippen LogP contribution in [0.1, 0.15) is 201 Å². The van der Waals surface area contributed by atoms with Gasteiger partial charge in [0.25, 0.3) is 0 Å². The van der Waals surface area contributed by atoms with Crippen LogP contribution in [0.4, 0.5) is 0 Å². The Morgan fingerprint density at radius 3 is 1.30 bits per heavy atom. The number of unbranched alkanes of at least 4 members (excludes halogenated alkanes) is 18. The van der Waals surface area contributed by atoms with E-state index in [0.717, 1.165) is 96.3 Å². The third-order valence-corrected chi connectivity index (χ3v) is 9.45. The van der Waals surface area contributed by atoms with E-state index in [1.807, 2.05) is 0 Å². The number of allylic oxidation sites excluding steroid dienone is 14. The molecule has 0 radical (unpaired) electrons. The van der Waals surface area contributed by atoms with E-state index in [9.17, 15) is 14.4 Å². The van der Waals surface area contributed by atoms with Crippen LogP contribution in [0, 0.1) is 0 Å². The molecule has 0 saturated heterocycles. The maximum atomic E-state index is 12.7. The lowest BCUT2D eigenvalue weighted by molar-refractivity contribution is -0.167.